The summed E-state index contributed by atoms with van der Waals surface area (Å²) in [5.74, 6) is 0. The van der Waals surface area contributed by atoms with Gasteiger partial charge in [-0.3, -0.25) is 0 Å². The standard InChI is InChI=1S/C16H13ClN2S/c17-14-8-6-12(7-9-14)10-18-16-19-15(11-20-16)13-4-2-1-3-5-13/h1-9,11H,10H2,(H,18,19). The van der Waals surface area contributed by atoms with E-state index >= 15 is 0 Å². The van der Waals surface area contributed by atoms with Crippen LogP contribution in [-0.4, -0.2) is 4.98 Å². The van der Waals surface area contributed by atoms with Gasteiger partial charge in [0.05, 0.1) is 5.69 Å². The molecule has 1 heterocycles. The first-order valence-corrected chi connectivity index (χ1v) is 7.56. The van der Waals surface area contributed by atoms with E-state index in [1.807, 2.05) is 42.5 Å². The fourth-order valence-electron chi connectivity index (χ4n) is 1.88. The molecule has 0 unspecified atom stereocenters. The van der Waals surface area contributed by atoms with Crippen molar-refractivity contribution in [2.75, 3.05) is 5.32 Å². The number of thiazole rings is 1. The topological polar surface area (TPSA) is 24.9 Å². The smallest absolute Gasteiger partial charge is 0.183 e. The van der Waals surface area contributed by atoms with Crippen LogP contribution in [-0.2, 0) is 6.54 Å². The monoisotopic (exact) mass is 300 g/mol. The fourth-order valence-corrected chi connectivity index (χ4v) is 2.72. The lowest BCUT2D eigenvalue weighted by atomic mass is 10.2. The molecule has 0 aliphatic rings. The molecule has 0 spiro atoms. The highest BCUT2D eigenvalue weighted by molar-refractivity contribution is 7.14. The summed E-state index contributed by atoms with van der Waals surface area (Å²) in [5, 5.41) is 7.09. The largest absolute Gasteiger partial charge is 0.357 e. The minimum atomic E-state index is 0.749. The third-order valence-electron chi connectivity index (χ3n) is 2.93. The summed E-state index contributed by atoms with van der Waals surface area (Å²) in [4.78, 5) is 4.59. The highest BCUT2D eigenvalue weighted by Crippen LogP contribution is 2.24. The van der Waals surface area contributed by atoms with Crippen LogP contribution in [0.4, 0.5) is 5.13 Å². The number of nitrogens with one attached hydrogen (secondary N) is 1. The van der Waals surface area contributed by atoms with E-state index < -0.39 is 0 Å². The second-order valence-electron chi connectivity index (χ2n) is 4.38. The maximum absolute atomic E-state index is 5.87. The Morgan fingerprint density at radius 2 is 1.75 bits per heavy atom. The highest BCUT2D eigenvalue weighted by atomic mass is 35.5. The van der Waals surface area contributed by atoms with Crippen LogP contribution in [0.2, 0.25) is 5.02 Å². The number of rotatable bonds is 4. The van der Waals surface area contributed by atoms with E-state index in [1.165, 1.54) is 5.56 Å². The SMILES string of the molecule is Clc1ccc(CNc2nc(-c3ccccc3)cs2)cc1. The van der Waals surface area contributed by atoms with Crippen molar-refractivity contribution < 1.29 is 0 Å². The Labute approximate surface area is 127 Å². The van der Waals surface area contributed by atoms with E-state index in [4.69, 9.17) is 11.6 Å². The van der Waals surface area contributed by atoms with Gasteiger partial charge < -0.3 is 5.32 Å². The normalized spacial score (nSPS) is 10.4. The molecule has 1 aromatic heterocycles. The molecule has 0 atom stereocenters. The third-order valence-corrected chi connectivity index (χ3v) is 3.98. The number of anilines is 1. The first kappa shape index (κ1) is 13.2. The minimum absolute atomic E-state index is 0.749. The van der Waals surface area contributed by atoms with Gasteiger partial charge in [-0.2, -0.15) is 0 Å². The molecule has 4 heteroatoms. The van der Waals surface area contributed by atoms with Crippen LogP contribution in [0.25, 0.3) is 11.3 Å². The Bertz CT molecular complexity index is 677. The van der Waals surface area contributed by atoms with Gasteiger partial charge in [-0.1, -0.05) is 54.1 Å². The van der Waals surface area contributed by atoms with E-state index in [0.717, 1.165) is 28.0 Å². The van der Waals surface area contributed by atoms with Crippen molar-refractivity contribution in [2.45, 2.75) is 6.54 Å². The van der Waals surface area contributed by atoms with Crippen LogP contribution in [0.5, 0.6) is 0 Å². The maximum atomic E-state index is 5.87. The molecule has 3 aromatic rings. The summed E-state index contributed by atoms with van der Waals surface area (Å²) >= 11 is 7.49. The van der Waals surface area contributed by atoms with Gasteiger partial charge in [-0.25, -0.2) is 4.98 Å². The second-order valence-corrected chi connectivity index (χ2v) is 5.68. The van der Waals surface area contributed by atoms with Gasteiger partial charge in [0.15, 0.2) is 5.13 Å². The van der Waals surface area contributed by atoms with Gasteiger partial charge >= 0.3 is 0 Å². The Balaban J connectivity index is 1.67. The average Bonchev–Trinajstić information content (AvgIpc) is 2.97. The van der Waals surface area contributed by atoms with Crippen molar-refractivity contribution in [3.8, 4) is 11.3 Å². The van der Waals surface area contributed by atoms with Crippen LogP contribution in [0.1, 0.15) is 5.56 Å². The Morgan fingerprint density at radius 1 is 1.00 bits per heavy atom. The summed E-state index contributed by atoms with van der Waals surface area (Å²) < 4.78 is 0. The molecule has 1 N–H and O–H groups in total. The summed E-state index contributed by atoms with van der Waals surface area (Å²) in [7, 11) is 0. The van der Waals surface area contributed by atoms with Crippen LogP contribution >= 0.6 is 22.9 Å². The summed E-state index contributed by atoms with van der Waals surface area (Å²) in [6.45, 7) is 0.749. The Kier molecular flexibility index (Phi) is 4.00. The Morgan fingerprint density at radius 3 is 2.50 bits per heavy atom. The number of hydrogen-bond donors (Lipinski definition) is 1. The van der Waals surface area contributed by atoms with Gasteiger partial charge in [0.25, 0.3) is 0 Å². The van der Waals surface area contributed by atoms with E-state index in [1.54, 1.807) is 11.3 Å². The van der Waals surface area contributed by atoms with Gasteiger partial charge in [0, 0.05) is 22.5 Å². The first-order chi connectivity index (χ1) is 9.81. The maximum Gasteiger partial charge on any atom is 0.183 e. The van der Waals surface area contributed by atoms with Crippen molar-refractivity contribution in [3.63, 3.8) is 0 Å². The van der Waals surface area contributed by atoms with Crippen LogP contribution in [0.15, 0.2) is 60.0 Å². The predicted molar refractivity (Wildman–Crippen MR) is 86.3 cm³/mol. The lowest BCUT2D eigenvalue weighted by Crippen LogP contribution is -1.98. The minimum Gasteiger partial charge on any atom is -0.357 e. The molecular weight excluding hydrogens is 288 g/mol. The molecule has 0 aliphatic carbocycles. The number of aromatic nitrogens is 1. The predicted octanol–water partition coefficient (Wildman–Crippen LogP) is 5.08. The van der Waals surface area contributed by atoms with E-state index in [2.05, 4.69) is 27.8 Å². The van der Waals surface area contributed by atoms with Crippen molar-refractivity contribution >= 4 is 28.1 Å². The molecule has 2 nitrogen and oxygen atoms in total. The van der Waals surface area contributed by atoms with Crippen LogP contribution in [0.3, 0.4) is 0 Å². The number of halogens is 1. The molecule has 0 radical (unpaired) electrons. The molecule has 20 heavy (non-hydrogen) atoms. The summed E-state index contributed by atoms with van der Waals surface area (Å²) in [6, 6.07) is 18.0. The molecule has 0 bridgehead atoms. The number of benzene rings is 2. The zero-order chi connectivity index (χ0) is 13.8. The molecule has 100 valence electrons. The van der Waals surface area contributed by atoms with Crippen molar-refractivity contribution in [1.29, 1.82) is 0 Å². The molecule has 0 amide bonds. The van der Waals surface area contributed by atoms with Gasteiger partial charge in [0.1, 0.15) is 0 Å². The zero-order valence-electron chi connectivity index (χ0n) is 10.7. The van der Waals surface area contributed by atoms with E-state index in [-0.39, 0.29) is 0 Å². The van der Waals surface area contributed by atoms with Gasteiger partial charge in [-0.05, 0) is 17.7 Å². The lowest BCUT2D eigenvalue weighted by molar-refractivity contribution is 1.14. The number of nitrogens with zero attached hydrogens (tertiary/aromatic N) is 1. The van der Waals surface area contributed by atoms with Crippen molar-refractivity contribution in [2.24, 2.45) is 0 Å². The molecule has 0 fully saturated rings. The van der Waals surface area contributed by atoms with E-state index in [0.29, 0.717) is 0 Å². The second kappa shape index (κ2) is 6.07. The molecule has 2 aromatic carbocycles. The fraction of sp³-hybridized carbons (Fsp3) is 0.0625. The first-order valence-electron chi connectivity index (χ1n) is 6.30. The van der Waals surface area contributed by atoms with E-state index in [9.17, 15) is 0 Å². The molecule has 0 saturated heterocycles. The molecular formula is C16H13ClN2S. The van der Waals surface area contributed by atoms with Gasteiger partial charge in [-0.15, -0.1) is 11.3 Å². The third kappa shape index (κ3) is 3.18. The van der Waals surface area contributed by atoms with Crippen LogP contribution in [0, 0.1) is 0 Å². The summed E-state index contributed by atoms with van der Waals surface area (Å²) in [6.07, 6.45) is 0. The van der Waals surface area contributed by atoms with Crippen LogP contribution < -0.4 is 5.32 Å². The number of hydrogen-bond acceptors (Lipinski definition) is 3. The quantitative estimate of drug-likeness (QED) is 0.727. The Hall–Kier alpha value is -1.84. The molecule has 3 rings (SSSR count). The average molecular weight is 301 g/mol. The van der Waals surface area contributed by atoms with Crippen molar-refractivity contribution in [3.05, 3.63) is 70.6 Å². The summed E-state index contributed by atoms with van der Waals surface area (Å²) in [5.41, 5.74) is 3.34. The molecule has 0 saturated carbocycles. The van der Waals surface area contributed by atoms with Gasteiger partial charge in [0.2, 0.25) is 0 Å². The highest BCUT2D eigenvalue weighted by Gasteiger charge is 2.03. The lowest BCUT2D eigenvalue weighted by Gasteiger charge is -2.02. The molecule has 0 aliphatic heterocycles. The zero-order valence-corrected chi connectivity index (χ0v) is 12.3. The van der Waals surface area contributed by atoms with Crippen molar-refractivity contribution in [1.82, 2.24) is 4.98 Å².